The Morgan fingerprint density at radius 2 is 1.84 bits per heavy atom. The third-order valence-corrected chi connectivity index (χ3v) is 4.74. The van der Waals surface area contributed by atoms with E-state index in [0.29, 0.717) is 0 Å². The smallest absolute Gasteiger partial charge is 0.114 e. The van der Waals surface area contributed by atoms with Gasteiger partial charge in [-0.05, 0) is 5.41 Å². The van der Waals surface area contributed by atoms with Crippen LogP contribution >= 0.6 is 11.3 Å². The minimum atomic E-state index is 0.00522. The highest BCUT2D eigenvalue weighted by Crippen LogP contribution is 2.32. The van der Waals surface area contributed by atoms with Crippen LogP contribution in [0.25, 0.3) is 0 Å². The molecular formula is C15H23N3S. The minimum absolute atomic E-state index is 0.00522. The lowest BCUT2D eigenvalue weighted by Gasteiger charge is -2.23. The lowest BCUT2D eigenvalue weighted by atomic mass is 9.88. The fraction of sp³-hybridized carbons (Fsp3) is 0.600. The molecule has 0 aromatic carbocycles. The van der Waals surface area contributed by atoms with Crippen LogP contribution in [0.3, 0.4) is 0 Å². The molecule has 0 aliphatic carbocycles. The van der Waals surface area contributed by atoms with E-state index in [1.54, 1.807) is 0 Å². The molecule has 0 aliphatic rings. The third kappa shape index (κ3) is 3.06. The summed E-state index contributed by atoms with van der Waals surface area (Å²) < 4.78 is 2.10. The number of aryl methyl sites for hydroxylation is 1. The number of aromatic nitrogens is 3. The molecule has 2 aromatic rings. The van der Waals surface area contributed by atoms with Gasteiger partial charge in [0.25, 0.3) is 0 Å². The topological polar surface area (TPSA) is 30.7 Å². The molecule has 0 radical (unpaired) electrons. The first kappa shape index (κ1) is 14.3. The van der Waals surface area contributed by atoms with Crippen LogP contribution in [0.5, 0.6) is 0 Å². The van der Waals surface area contributed by atoms with Gasteiger partial charge in [-0.15, -0.1) is 11.3 Å². The first-order valence-corrected chi connectivity index (χ1v) is 7.45. The molecule has 0 N–H and O–H groups in total. The van der Waals surface area contributed by atoms with Gasteiger partial charge in [0.15, 0.2) is 0 Å². The lowest BCUT2D eigenvalue weighted by molar-refractivity contribution is 0.469. The predicted octanol–water partition coefficient (Wildman–Crippen LogP) is 3.69. The molecule has 0 spiro atoms. The maximum atomic E-state index is 4.59. The molecule has 3 nitrogen and oxygen atoms in total. The molecular weight excluding hydrogens is 254 g/mol. The Balaban J connectivity index is 2.21. The summed E-state index contributed by atoms with van der Waals surface area (Å²) >= 11 is 1.82. The number of hydrogen-bond donors (Lipinski definition) is 0. The van der Waals surface area contributed by atoms with Crippen LogP contribution in [0.15, 0.2) is 18.6 Å². The van der Waals surface area contributed by atoms with E-state index in [1.165, 1.54) is 9.88 Å². The molecule has 104 valence electrons. The van der Waals surface area contributed by atoms with Crippen molar-refractivity contribution in [2.75, 3.05) is 0 Å². The largest absolute Gasteiger partial charge is 0.338 e. The average Bonchev–Trinajstić information content (AvgIpc) is 2.85. The summed E-state index contributed by atoms with van der Waals surface area (Å²) in [7, 11) is 2.05. The lowest BCUT2D eigenvalue weighted by Crippen LogP contribution is -2.24. The Bertz CT molecular complexity index is 558. The zero-order chi connectivity index (χ0) is 14.3. The summed E-state index contributed by atoms with van der Waals surface area (Å²) in [4.78, 5) is 10.4. The molecule has 4 heteroatoms. The second-order valence-corrected chi connectivity index (χ2v) is 7.91. The van der Waals surface area contributed by atoms with Gasteiger partial charge in [-0.3, -0.25) is 0 Å². The third-order valence-electron chi connectivity index (χ3n) is 3.31. The van der Waals surface area contributed by atoms with Crippen LogP contribution in [0.1, 0.15) is 50.3 Å². The predicted molar refractivity (Wildman–Crippen MR) is 80.8 cm³/mol. The van der Waals surface area contributed by atoms with E-state index in [1.807, 2.05) is 37.0 Å². The average molecular weight is 277 g/mol. The van der Waals surface area contributed by atoms with Crippen LogP contribution in [0.2, 0.25) is 0 Å². The van der Waals surface area contributed by atoms with Gasteiger partial charge >= 0.3 is 0 Å². The Labute approximate surface area is 119 Å². The molecule has 2 heterocycles. The highest BCUT2D eigenvalue weighted by molar-refractivity contribution is 7.11. The van der Waals surface area contributed by atoms with E-state index in [-0.39, 0.29) is 10.8 Å². The van der Waals surface area contributed by atoms with Gasteiger partial charge < -0.3 is 4.57 Å². The second-order valence-electron chi connectivity index (χ2n) is 6.79. The fourth-order valence-corrected chi connectivity index (χ4v) is 3.42. The van der Waals surface area contributed by atoms with Crippen molar-refractivity contribution in [3.05, 3.63) is 34.3 Å². The van der Waals surface area contributed by atoms with Crippen LogP contribution < -0.4 is 0 Å². The van der Waals surface area contributed by atoms with Crippen LogP contribution in [-0.2, 0) is 24.3 Å². The first-order valence-electron chi connectivity index (χ1n) is 6.63. The molecule has 0 aliphatic heterocycles. The Hall–Kier alpha value is -1.16. The number of nitrogens with zero attached hydrogens (tertiary/aromatic N) is 3. The standard InChI is InChI=1S/C15H23N3S/c1-14(2,3)11-10-17-12(19-11)9-15(4,5)13-16-7-8-18(13)6/h7-8,10H,9H2,1-6H3. The van der Waals surface area contributed by atoms with Gasteiger partial charge in [0.05, 0.1) is 5.01 Å². The molecule has 2 rings (SSSR count). The summed E-state index contributed by atoms with van der Waals surface area (Å²) in [5.41, 5.74) is 0.189. The molecule has 0 saturated carbocycles. The van der Waals surface area contributed by atoms with Gasteiger partial charge in [-0.2, -0.15) is 0 Å². The molecule has 0 unspecified atom stereocenters. The molecule has 0 amide bonds. The number of imidazole rings is 1. The minimum Gasteiger partial charge on any atom is -0.338 e. The van der Waals surface area contributed by atoms with Crippen LogP contribution in [-0.4, -0.2) is 14.5 Å². The summed E-state index contributed by atoms with van der Waals surface area (Å²) in [6.45, 7) is 11.2. The van der Waals surface area contributed by atoms with E-state index in [9.17, 15) is 0 Å². The molecule has 0 bridgehead atoms. The van der Waals surface area contributed by atoms with Crippen molar-refractivity contribution in [2.24, 2.45) is 7.05 Å². The number of hydrogen-bond acceptors (Lipinski definition) is 3. The quantitative estimate of drug-likeness (QED) is 0.856. The monoisotopic (exact) mass is 277 g/mol. The van der Waals surface area contributed by atoms with Crippen molar-refractivity contribution >= 4 is 11.3 Å². The maximum Gasteiger partial charge on any atom is 0.114 e. The Morgan fingerprint density at radius 3 is 2.32 bits per heavy atom. The van der Waals surface area contributed by atoms with Gasteiger partial charge in [0.1, 0.15) is 5.82 Å². The van der Waals surface area contributed by atoms with Gasteiger partial charge in [0.2, 0.25) is 0 Å². The molecule has 2 aromatic heterocycles. The Morgan fingerprint density at radius 1 is 1.16 bits per heavy atom. The molecule has 0 atom stereocenters. The zero-order valence-corrected chi connectivity index (χ0v) is 13.5. The second kappa shape index (κ2) is 4.75. The van der Waals surface area contributed by atoms with E-state index in [0.717, 1.165) is 12.2 Å². The van der Waals surface area contributed by atoms with E-state index >= 15 is 0 Å². The van der Waals surface area contributed by atoms with Gasteiger partial charge in [-0.1, -0.05) is 34.6 Å². The van der Waals surface area contributed by atoms with Crippen LogP contribution in [0, 0.1) is 0 Å². The summed E-state index contributed by atoms with van der Waals surface area (Å²) in [5.74, 6) is 1.11. The normalized spacial score (nSPS) is 12.9. The SMILES string of the molecule is Cn1ccnc1C(C)(C)Cc1ncc(C(C)(C)C)s1. The van der Waals surface area contributed by atoms with E-state index in [4.69, 9.17) is 0 Å². The number of thiazole rings is 1. The molecule has 0 fully saturated rings. The number of rotatable bonds is 3. The van der Waals surface area contributed by atoms with Crippen molar-refractivity contribution in [3.63, 3.8) is 0 Å². The maximum absolute atomic E-state index is 4.59. The van der Waals surface area contributed by atoms with E-state index < -0.39 is 0 Å². The van der Waals surface area contributed by atoms with Crippen molar-refractivity contribution in [1.29, 1.82) is 0 Å². The summed E-state index contributed by atoms with van der Waals surface area (Å²) in [5, 5.41) is 1.19. The van der Waals surface area contributed by atoms with Crippen molar-refractivity contribution in [2.45, 2.75) is 51.9 Å². The zero-order valence-electron chi connectivity index (χ0n) is 12.7. The van der Waals surface area contributed by atoms with Crippen molar-refractivity contribution < 1.29 is 0 Å². The first-order chi connectivity index (χ1) is 8.70. The van der Waals surface area contributed by atoms with Crippen LogP contribution in [0.4, 0.5) is 0 Å². The highest BCUT2D eigenvalue weighted by atomic mass is 32.1. The van der Waals surface area contributed by atoms with Gasteiger partial charge in [-0.25, -0.2) is 9.97 Å². The summed E-state index contributed by atoms with van der Waals surface area (Å²) in [6, 6.07) is 0. The van der Waals surface area contributed by atoms with E-state index in [2.05, 4.69) is 49.2 Å². The molecule has 19 heavy (non-hydrogen) atoms. The summed E-state index contributed by atoms with van der Waals surface area (Å²) in [6.07, 6.45) is 6.81. The van der Waals surface area contributed by atoms with Crippen molar-refractivity contribution in [1.82, 2.24) is 14.5 Å². The fourth-order valence-electron chi connectivity index (χ4n) is 2.21. The van der Waals surface area contributed by atoms with Crippen molar-refractivity contribution in [3.8, 4) is 0 Å². The highest BCUT2D eigenvalue weighted by Gasteiger charge is 2.27. The Kier molecular flexibility index (Phi) is 3.56. The molecule has 0 saturated heterocycles. The van der Waals surface area contributed by atoms with Gasteiger partial charge in [0, 0.05) is 42.4 Å².